The van der Waals surface area contributed by atoms with Crippen LogP contribution in [0.3, 0.4) is 0 Å². The normalized spacial score (nSPS) is 19.6. The summed E-state index contributed by atoms with van der Waals surface area (Å²) in [7, 11) is 4.14. The smallest absolute Gasteiger partial charge is 0.214 e. The van der Waals surface area contributed by atoms with Gasteiger partial charge >= 0.3 is 0 Å². The molecule has 2 saturated heterocycles. The Morgan fingerprint density at radius 3 is 2.44 bits per heavy atom. The van der Waals surface area contributed by atoms with Gasteiger partial charge in [-0.2, -0.15) is 0 Å². The minimum absolute atomic E-state index is 0.210. The summed E-state index contributed by atoms with van der Waals surface area (Å²) in [6, 6.07) is 6.85. The lowest BCUT2D eigenvalue weighted by Gasteiger charge is -2.34. The highest BCUT2D eigenvalue weighted by atomic mass is 16.1. The molecule has 1 aromatic carbocycles. The van der Waals surface area contributed by atoms with Crippen LogP contribution < -0.4 is 15.1 Å². The summed E-state index contributed by atoms with van der Waals surface area (Å²) in [4.78, 5) is 21.1. The molecule has 0 spiro atoms. The number of likely N-dealkylation sites (tertiary alicyclic amines) is 1. The van der Waals surface area contributed by atoms with Crippen LogP contribution in [0, 0.1) is 5.92 Å². The van der Waals surface area contributed by atoms with Crippen molar-refractivity contribution in [1.29, 1.82) is 0 Å². The zero-order valence-electron chi connectivity index (χ0n) is 20.9. The first kappa shape index (κ1) is 25.0. The summed E-state index contributed by atoms with van der Waals surface area (Å²) in [5, 5.41) is 3.45. The van der Waals surface area contributed by atoms with E-state index in [2.05, 4.69) is 66.2 Å². The molecule has 180 valence electrons. The molecule has 1 atom stereocenters. The van der Waals surface area contributed by atoms with Crippen LogP contribution in [0.15, 0.2) is 18.2 Å². The van der Waals surface area contributed by atoms with Gasteiger partial charge in [0.05, 0.1) is 11.4 Å². The highest BCUT2D eigenvalue weighted by molar-refractivity contribution is 5.84. The number of amides is 1. The number of nitrogens with one attached hydrogen (secondary N) is 1. The second-order valence-electron chi connectivity index (χ2n) is 9.97. The van der Waals surface area contributed by atoms with Crippen LogP contribution in [0.25, 0.3) is 0 Å². The zero-order chi connectivity index (χ0) is 22.9. The molecule has 1 aromatic rings. The molecule has 0 radical (unpaired) electrons. The number of carbonyl (C=O) groups is 1. The van der Waals surface area contributed by atoms with E-state index in [1.807, 2.05) is 4.90 Å². The summed E-state index contributed by atoms with van der Waals surface area (Å²) >= 11 is 0. The predicted octanol–water partition coefficient (Wildman–Crippen LogP) is 3.41. The molecule has 0 saturated carbocycles. The quantitative estimate of drug-likeness (QED) is 0.531. The Labute approximate surface area is 195 Å². The van der Waals surface area contributed by atoms with Gasteiger partial charge in [0.1, 0.15) is 0 Å². The molecule has 2 aliphatic rings. The molecule has 0 aliphatic carbocycles. The lowest BCUT2D eigenvalue weighted by atomic mass is 9.93. The Bertz CT molecular complexity index is 695. The monoisotopic (exact) mass is 443 g/mol. The lowest BCUT2D eigenvalue weighted by molar-refractivity contribution is -0.107. The summed E-state index contributed by atoms with van der Waals surface area (Å²) in [5.41, 5.74) is 3.48. The van der Waals surface area contributed by atoms with Crippen molar-refractivity contribution in [2.45, 2.75) is 58.5 Å². The Morgan fingerprint density at radius 1 is 1.09 bits per heavy atom. The van der Waals surface area contributed by atoms with Gasteiger partial charge in [0.2, 0.25) is 6.41 Å². The second kappa shape index (κ2) is 12.6. The first-order valence-electron chi connectivity index (χ1n) is 12.7. The summed E-state index contributed by atoms with van der Waals surface area (Å²) in [5.74, 6) is 0.877. The number of nitrogens with zero attached hydrogens (tertiary/aromatic N) is 4. The molecule has 6 heteroatoms. The zero-order valence-corrected chi connectivity index (χ0v) is 20.9. The van der Waals surface area contributed by atoms with Crippen LogP contribution in [0.4, 0.5) is 11.4 Å². The van der Waals surface area contributed by atoms with Gasteiger partial charge in [-0.15, -0.1) is 0 Å². The van der Waals surface area contributed by atoms with E-state index in [4.69, 9.17) is 0 Å². The third kappa shape index (κ3) is 6.93. The fourth-order valence-electron chi connectivity index (χ4n) is 5.19. The minimum Gasteiger partial charge on any atom is -0.376 e. The molecule has 0 aromatic heterocycles. The van der Waals surface area contributed by atoms with E-state index in [1.54, 1.807) is 0 Å². The van der Waals surface area contributed by atoms with Crippen molar-refractivity contribution in [3.05, 3.63) is 23.8 Å². The minimum atomic E-state index is 0.210. The molecule has 2 fully saturated rings. The van der Waals surface area contributed by atoms with Crippen LogP contribution in [-0.2, 0) is 11.3 Å². The topological polar surface area (TPSA) is 42.1 Å². The van der Waals surface area contributed by atoms with Crippen LogP contribution >= 0.6 is 0 Å². The Kier molecular flexibility index (Phi) is 9.82. The first-order chi connectivity index (χ1) is 15.5. The summed E-state index contributed by atoms with van der Waals surface area (Å²) < 4.78 is 0. The number of hydrogen-bond donors (Lipinski definition) is 1. The van der Waals surface area contributed by atoms with Crippen molar-refractivity contribution in [2.24, 2.45) is 5.92 Å². The molecule has 1 amide bonds. The van der Waals surface area contributed by atoms with Gasteiger partial charge in [0.15, 0.2) is 0 Å². The molecular formula is C26H45N5O. The van der Waals surface area contributed by atoms with E-state index in [0.717, 1.165) is 56.2 Å². The maximum Gasteiger partial charge on any atom is 0.214 e. The number of anilines is 2. The fraction of sp³-hybridized carbons (Fsp3) is 0.731. The van der Waals surface area contributed by atoms with Crippen molar-refractivity contribution in [3.63, 3.8) is 0 Å². The first-order valence-corrected chi connectivity index (χ1v) is 12.7. The molecular weight excluding hydrogens is 398 g/mol. The third-order valence-electron chi connectivity index (χ3n) is 7.27. The van der Waals surface area contributed by atoms with Gasteiger partial charge in [-0.1, -0.05) is 19.4 Å². The largest absolute Gasteiger partial charge is 0.376 e. The van der Waals surface area contributed by atoms with Gasteiger partial charge in [-0.3, -0.25) is 9.69 Å². The van der Waals surface area contributed by atoms with E-state index < -0.39 is 0 Å². The van der Waals surface area contributed by atoms with Crippen molar-refractivity contribution >= 4 is 17.8 Å². The van der Waals surface area contributed by atoms with Crippen LogP contribution in [0.1, 0.15) is 51.5 Å². The van der Waals surface area contributed by atoms with Gasteiger partial charge in [0, 0.05) is 52.9 Å². The number of benzene rings is 1. The Balaban J connectivity index is 1.54. The number of hydrogen-bond acceptors (Lipinski definition) is 5. The molecule has 1 N–H and O–H groups in total. The van der Waals surface area contributed by atoms with E-state index >= 15 is 0 Å². The fourth-order valence-corrected chi connectivity index (χ4v) is 5.19. The second-order valence-corrected chi connectivity index (χ2v) is 9.97. The molecule has 0 bridgehead atoms. The van der Waals surface area contributed by atoms with Crippen molar-refractivity contribution in [3.8, 4) is 0 Å². The van der Waals surface area contributed by atoms with Gasteiger partial charge in [-0.05, 0) is 75.9 Å². The number of rotatable bonds is 11. The molecule has 2 heterocycles. The SMILES string of the molecule is CCCC(C)N(C=O)c1ccc(CN2CCC(CCN3CCNCC3)CC2)cc1N(C)C. The predicted molar refractivity (Wildman–Crippen MR) is 136 cm³/mol. The maximum absolute atomic E-state index is 11.9. The highest BCUT2D eigenvalue weighted by Crippen LogP contribution is 2.32. The molecule has 1 unspecified atom stereocenters. The van der Waals surface area contributed by atoms with Crippen LogP contribution in [0.5, 0.6) is 0 Å². The van der Waals surface area contributed by atoms with E-state index in [1.165, 1.54) is 57.5 Å². The van der Waals surface area contributed by atoms with Crippen LogP contribution in [0.2, 0.25) is 0 Å². The van der Waals surface area contributed by atoms with E-state index in [9.17, 15) is 4.79 Å². The standard InChI is InChI=1S/C26H45N5O/c1-5-6-22(2)31(21-32)25-8-7-24(19-26(25)28(3)4)20-30-15-10-23(11-16-30)9-14-29-17-12-27-13-18-29/h7-8,19,21-23,27H,5-6,9-18,20H2,1-4H3. The number of carbonyl (C=O) groups excluding carboxylic acids is 1. The van der Waals surface area contributed by atoms with Crippen molar-refractivity contribution in [1.82, 2.24) is 15.1 Å². The lowest BCUT2D eigenvalue weighted by Crippen LogP contribution is -2.44. The average molecular weight is 444 g/mol. The molecule has 32 heavy (non-hydrogen) atoms. The van der Waals surface area contributed by atoms with Crippen molar-refractivity contribution in [2.75, 3.05) is 69.7 Å². The van der Waals surface area contributed by atoms with Gasteiger partial charge in [0.25, 0.3) is 0 Å². The summed E-state index contributed by atoms with van der Waals surface area (Å²) in [6.07, 6.45) is 7.07. The van der Waals surface area contributed by atoms with Crippen LogP contribution in [-0.4, -0.2) is 82.2 Å². The number of piperazine rings is 1. The van der Waals surface area contributed by atoms with E-state index in [-0.39, 0.29) is 6.04 Å². The molecule has 3 rings (SSSR count). The number of piperidine rings is 1. The van der Waals surface area contributed by atoms with Gasteiger partial charge < -0.3 is 20.0 Å². The third-order valence-corrected chi connectivity index (χ3v) is 7.27. The Hall–Kier alpha value is -1.63. The van der Waals surface area contributed by atoms with Gasteiger partial charge in [-0.25, -0.2) is 0 Å². The summed E-state index contributed by atoms with van der Waals surface area (Å²) in [6.45, 7) is 13.7. The van der Waals surface area contributed by atoms with E-state index in [0.29, 0.717) is 0 Å². The molecule has 2 aliphatic heterocycles. The Morgan fingerprint density at radius 2 is 1.81 bits per heavy atom. The maximum atomic E-state index is 11.9. The highest BCUT2D eigenvalue weighted by Gasteiger charge is 2.22. The molecule has 6 nitrogen and oxygen atoms in total. The average Bonchev–Trinajstić information content (AvgIpc) is 2.80. The van der Waals surface area contributed by atoms with Crippen molar-refractivity contribution < 1.29 is 4.79 Å².